The first-order valence-electron chi connectivity index (χ1n) is 10.8. The Morgan fingerprint density at radius 3 is 2.55 bits per heavy atom. The number of carbonyl (C=O) groups excluding carboxylic acids is 2. The van der Waals surface area contributed by atoms with E-state index < -0.39 is 0 Å². The maximum atomic E-state index is 13.1. The normalized spacial score (nSPS) is 13.8. The van der Waals surface area contributed by atoms with Crippen molar-refractivity contribution in [2.75, 3.05) is 31.5 Å². The van der Waals surface area contributed by atoms with Gasteiger partial charge in [-0.25, -0.2) is 4.79 Å². The molecule has 3 amide bonds. The number of aromatic nitrogens is 1. The third-order valence-corrected chi connectivity index (χ3v) is 5.63. The highest BCUT2D eigenvalue weighted by molar-refractivity contribution is 6.30. The number of nitrogens with zero attached hydrogens (tertiary/aromatic N) is 3. The molecular weight excluding hydrogens is 440 g/mol. The number of halogens is 1. The van der Waals surface area contributed by atoms with Gasteiger partial charge < -0.3 is 19.9 Å². The molecule has 1 aliphatic rings. The van der Waals surface area contributed by atoms with Gasteiger partial charge >= 0.3 is 6.03 Å². The first-order valence-corrected chi connectivity index (χ1v) is 11.2. The van der Waals surface area contributed by atoms with E-state index in [1.165, 1.54) is 0 Å². The smallest absolute Gasteiger partial charge is 0.321 e. The summed E-state index contributed by atoms with van der Waals surface area (Å²) in [5, 5.41) is 3.50. The number of hydrogen-bond acceptors (Lipinski definition) is 4. The van der Waals surface area contributed by atoms with E-state index in [1.807, 2.05) is 24.3 Å². The van der Waals surface area contributed by atoms with Gasteiger partial charge in [-0.1, -0.05) is 23.7 Å². The van der Waals surface area contributed by atoms with Crippen LogP contribution < -0.4 is 10.1 Å². The molecule has 1 saturated heterocycles. The minimum atomic E-state index is -0.183. The number of nitrogens with one attached hydrogen (secondary N) is 1. The van der Waals surface area contributed by atoms with Crippen molar-refractivity contribution >= 4 is 29.2 Å². The Labute approximate surface area is 197 Å². The van der Waals surface area contributed by atoms with Gasteiger partial charge in [-0.05, 0) is 55.0 Å². The van der Waals surface area contributed by atoms with Crippen LogP contribution in [0.3, 0.4) is 0 Å². The monoisotopic (exact) mass is 464 g/mol. The summed E-state index contributed by atoms with van der Waals surface area (Å²) in [4.78, 5) is 33.3. The number of amides is 3. The molecule has 170 valence electrons. The lowest BCUT2D eigenvalue weighted by Crippen LogP contribution is -2.39. The van der Waals surface area contributed by atoms with Crippen molar-refractivity contribution in [3.8, 4) is 5.75 Å². The molecule has 4 rings (SSSR count). The van der Waals surface area contributed by atoms with Gasteiger partial charge in [-0.2, -0.15) is 0 Å². The Hall–Kier alpha value is -3.58. The van der Waals surface area contributed by atoms with E-state index in [2.05, 4.69) is 10.3 Å². The SMILES string of the molecule is O=C(Nc1ccc(Cl)cc1)N1CCCN(C(=O)c2cccc(OCc3cccnc3)c2)CC1. The summed E-state index contributed by atoms with van der Waals surface area (Å²) in [6.45, 7) is 2.48. The van der Waals surface area contributed by atoms with Gasteiger partial charge in [-0.3, -0.25) is 9.78 Å². The Morgan fingerprint density at radius 2 is 1.76 bits per heavy atom. The summed E-state index contributed by atoms with van der Waals surface area (Å²) < 4.78 is 5.83. The number of carbonyl (C=O) groups is 2. The molecule has 33 heavy (non-hydrogen) atoms. The lowest BCUT2D eigenvalue weighted by atomic mass is 10.2. The maximum absolute atomic E-state index is 13.1. The quantitative estimate of drug-likeness (QED) is 0.594. The molecule has 1 fully saturated rings. The first-order chi connectivity index (χ1) is 16.1. The summed E-state index contributed by atoms with van der Waals surface area (Å²) in [7, 11) is 0. The first kappa shape index (κ1) is 22.6. The molecule has 2 heterocycles. The molecule has 2 aromatic carbocycles. The fourth-order valence-corrected chi connectivity index (χ4v) is 3.74. The molecule has 0 saturated carbocycles. The third kappa shape index (κ3) is 6.23. The summed E-state index contributed by atoms with van der Waals surface area (Å²) in [5.74, 6) is 0.560. The summed E-state index contributed by atoms with van der Waals surface area (Å²) >= 11 is 5.90. The molecule has 7 nitrogen and oxygen atoms in total. The Balaban J connectivity index is 1.33. The van der Waals surface area contributed by atoms with Crippen LogP contribution in [0.25, 0.3) is 0 Å². The molecule has 0 atom stereocenters. The van der Waals surface area contributed by atoms with E-state index in [0.717, 1.165) is 5.56 Å². The van der Waals surface area contributed by atoms with E-state index in [-0.39, 0.29) is 11.9 Å². The highest BCUT2D eigenvalue weighted by Gasteiger charge is 2.23. The Bertz CT molecular complexity index is 1090. The van der Waals surface area contributed by atoms with E-state index in [4.69, 9.17) is 16.3 Å². The molecule has 3 aromatic rings. The van der Waals surface area contributed by atoms with Gasteiger partial charge in [0.05, 0.1) is 0 Å². The van der Waals surface area contributed by atoms with E-state index >= 15 is 0 Å². The van der Waals surface area contributed by atoms with Gasteiger partial charge in [0.25, 0.3) is 5.91 Å². The lowest BCUT2D eigenvalue weighted by molar-refractivity contribution is 0.0762. The van der Waals surface area contributed by atoms with Crippen LogP contribution in [0.4, 0.5) is 10.5 Å². The largest absolute Gasteiger partial charge is 0.489 e. The highest BCUT2D eigenvalue weighted by atomic mass is 35.5. The fourth-order valence-electron chi connectivity index (χ4n) is 3.61. The molecule has 8 heteroatoms. The van der Waals surface area contributed by atoms with E-state index in [1.54, 1.807) is 58.6 Å². The predicted molar refractivity (Wildman–Crippen MR) is 128 cm³/mol. The minimum absolute atomic E-state index is 0.0678. The standard InChI is InChI=1S/C25H25ClN4O3/c26-21-7-9-22(10-8-21)28-25(32)30-13-3-12-29(14-15-30)24(31)20-5-1-6-23(16-20)33-18-19-4-2-11-27-17-19/h1-2,4-11,16-17H,3,12-15,18H2,(H,28,32). The van der Waals surface area contributed by atoms with Crippen LogP contribution in [0.1, 0.15) is 22.3 Å². The van der Waals surface area contributed by atoms with E-state index in [9.17, 15) is 9.59 Å². The van der Waals surface area contributed by atoms with Gasteiger partial charge in [0.15, 0.2) is 0 Å². The van der Waals surface area contributed by atoms with Crippen LogP contribution in [0.5, 0.6) is 5.75 Å². The van der Waals surface area contributed by atoms with E-state index in [0.29, 0.717) is 61.2 Å². The topological polar surface area (TPSA) is 74.8 Å². The second-order valence-electron chi connectivity index (χ2n) is 7.75. The molecule has 0 unspecified atom stereocenters. The van der Waals surface area contributed by atoms with Gasteiger partial charge in [0, 0.05) is 60.4 Å². The molecular formula is C25H25ClN4O3. The molecule has 1 aliphatic heterocycles. The average molecular weight is 465 g/mol. The van der Waals surface area contributed by atoms with Gasteiger partial charge in [-0.15, -0.1) is 0 Å². The third-order valence-electron chi connectivity index (χ3n) is 5.38. The van der Waals surface area contributed by atoms with Crippen molar-refractivity contribution in [3.05, 3.63) is 89.2 Å². The Kier molecular flexibility index (Phi) is 7.42. The number of urea groups is 1. The van der Waals surface area contributed by atoms with Crippen LogP contribution in [0.2, 0.25) is 5.02 Å². The Morgan fingerprint density at radius 1 is 0.970 bits per heavy atom. The molecule has 0 radical (unpaired) electrons. The van der Waals surface area contributed by atoms with Crippen LogP contribution in [0, 0.1) is 0 Å². The number of hydrogen-bond donors (Lipinski definition) is 1. The number of benzene rings is 2. The van der Waals surface area contributed by atoms with Crippen LogP contribution in [-0.2, 0) is 6.61 Å². The van der Waals surface area contributed by atoms with Gasteiger partial charge in [0.2, 0.25) is 0 Å². The van der Waals surface area contributed by atoms with Gasteiger partial charge in [0.1, 0.15) is 12.4 Å². The number of rotatable bonds is 5. The molecule has 0 spiro atoms. The minimum Gasteiger partial charge on any atom is -0.489 e. The summed E-state index contributed by atoms with van der Waals surface area (Å²) in [6.07, 6.45) is 4.17. The van der Waals surface area contributed by atoms with Crippen molar-refractivity contribution in [2.45, 2.75) is 13.0 Å². The molecule has 0 bridgehead atoms. The number of anilines is 1. The average Bonchev–Trinajstić information content (AvgIpc) is 3.11. The zero-order valence-electron chi connectivity index (χ0n) is 18.1. The second kappa shape index (κ2) is 10.8. The maximum Gasteiger partial charge on any atom is 0.321 e. The van der Waals surface area contributed by atoms with Crippen LogP contribution >= 0.6 is 11.6 Å². The predicted octanol–water partition coefficient (Wildman–Crippen LogP) is 4.69. The van der Waals surface area contributed by atoms with Crippen molar-refractivity contribution in [1.82, 2.24) is 14.8 Å². The second-order valence-corrected chi connectivity index (χ2v) is 8.18. The summed E-state index contributed by atoms with van der Waals surface area (Å²) in [6, 6.07) is 17.8. The highest BCUT2D eigenvalue weighted by Crippen LogP contribution is 2.18. The van der Waals surface area contributed by atoms with Crippen molar-refractivity contribution in [2.24, 2.45) is 0 Å². The fraction of sp³-hybridized carbons (Fsp3) is 0.240. The lowest BCUT2D eigenvalue weighted by Gasteiger charge is -2.22. The molecule has 1 aromatic heterocycles. The zero-order chi connectivity index (χ0) is 23.0. The molecule has 0 aliphatic carbocycles. The number of pyridine rings is 1. The zero-order valence-corrected chi connectivity index (χ0v) is 18.9. The van der Waals surface area contributed by atoms with Crippen molar-refractivity contribution in [3.63, 3.8) is 0 Å². The molecule has 1 N–H and O–H groups in total. The van der Waals surface area contributed by atoms with Crippen molar-refractivity contribution in [1.29, 1.82) is 0 Å². The van der Waals surface area contributed by atoms with Crippen LogP contribution in [-0.4, -0.2) is 52.9 Å². The summed E-state index contributed by atoms with van der Waals surface area (Å²) in [5.41, 5.74) is 2.21. The van der Waals surface area contributed by atoms with Crippen LogP contribution in [0.15, 0.2) is 73.1 Å². The van der Waals surface area contributed by atoms with Crippen molar-refractivity contribution < 1.29 is 14.3 Å². The number of ether oxygens (including phenoxy) is 1.